The first kappa shape index (κ1) is 12.9. The summed E-state index contributed by atoms with van der Waals surface area (Å²) in [5.41, 5.74) is 1.10. The van der Waals surface area contributed by atoms with Gasteiger partial charge in [0.25, 0.3) is 0 Å². The summed E-state index contributed by atoms with van der Waals surface area (Å²) in [4.78, 5) is 6.34. The Bertz CT molecular complexity index is 313. The quantitative estimate of drug-likeness (QED) is 0.791. The lowest BCUT2D eigenvalue weighted by atomic mass is 10.2. The van der Waals surface area contributed by atoms with E-state index >= 15 is 0 Å². The summed E-state index contributed by atoms with van der Waals surface area (Å²) in [5.74, 6) is 0. The van der Waals surface area contributed by atoms with Gasteiger partial charge in [0.2, 0.25) is 0 Å². The van der Waals surface area contributed by atoms with E-state index in [4.69, 9.17) is 12.2 Å². The van der Waals surface area contributed by atoms with E-state index in [9.17, 15) is 0 Å². The predicted octanol–water partition coefficient (Wildman–Crippen LogP) is 1.84. The van der Waals surface area contributed by atoms with E-state index < -0.39 is 0 Å². The molecule has 1 N–H and O–H groups in total. The molecule has 0 atom stereocenters. The van der Waals surface area contributed by atoms with Crippen molar-refractivity contribution in [3.05, 3.63) is 30.1 Å². The van der Waals surface area contributed by atoms with Gasteiger partial charge < -0.3 is 10.2 Å². The zero-order valence-electron chi connectivity index (χ0n) is 9.94. The van der Waals surface area contributed by atoms with Crippen LogP contribution in [0.2, 0.25) is 0 Å². The van der Waals surface area contributed by atoms with E-state index in [1.54, 1.807) is 0 Å². The summed E-state index contributed by atoms with van der Waals surface area (Å²) in [5, 5.41) is 4.02. The molecule has 0 unspecified atom stereocenters. The molecule has 3 nitrogen and oxygen atoms in total. The van der Waals surface area contributed by atoms with Crippen molar-refractivity contribution in [2.75, 3.05) is 20.1 Å². The van der Waals surface area contributed by atoms with Gasteiger partial charge in [-0.25, -0.2) is 0 Å². The lowest BCUT2D eigenvalue weighted by Gasteiger charge is -2.20. The molecule has 0 fully saturated rings. The molecule has 0 saturated carbocycles. The van der Waals surface area contributed by atoms with Gasteiger partial charge in [0, 0.05) is 38.4 Å². The van der Waals surface area contributed by atoms with Crippen LogP contribution in [0.3, 0.4) is 0 Å². The fourth-order valence-corrected chi connectivity index (χ4v) is 1.49. The van der Waals surface area contributed by atoms with Crippen LogP contribution in [0.15, 0.2) is 24.4 Å². The minimum absolute atomic E-state index is 0.817. The highest BCUT2D eigenvalue weighted by atomic mass is 32.1. The molecule has 16 heavy (non-hydrogen) atoms. The van der Waals surface area contributed by atoms with Crippen molar-refractivity contribution in [1.82, 2.24) is 15.2 Å². The third-order valence-electron chi connectivity index (χ3n) is 2.30. The number of likely N-dealkylation sites (N-methyl/N-ethyl adjacent to an activating group) is 1. The third-order valence-corrected chi connectivity index (χ3v) is 2.76. The number of hydrogen-bond acceptors (Lipinski definition) is 2. The highest BCUT2D eigenvalue weighted by Crippen LogP contribution is 1.96. The Labute approximate surface area is 103 Å². The van der Waals surface area contributed by atoms with Crippen LogP contribution < -0.4 is 5.32 Å². The molecule has 88 valence electrons. The van der Waals surface area contributed by atoms with Gasteiger partial charge >= 0.3 is 0 Å². The van der Waals surface area contributed by atoms with Crippen molar-refractivity contribution in [3.63, 3.8) is 0 Å². The number of thiocarbonyl (C=S) groups is 1. The first-order valence-electron chi connectivity index (χ1n) is 5.63. The molecular formula is C12H19N3S. The summed E-state index contributed by atoms with van der Waals surface area (Å²) in [6.07, 6.45) is 3.84. The Morgan fingerprint density at radius 3 is 2.94 bits per heavy atom. The zero-order chi connectivity index (χ0) is 11.8. The Hall–Kier alpha value is -1.16. The van der Waals surface area contributed by atoms with Crippen LogP contribution in [0, 0.1) is 0 Å². The fourth-order valence-electron chi connectivity index (χ4n) is 1.30. The smallest absolute Gasteiger partial charge is 0.168 e. The minimum atomic E-state index is 0.817. The predicted molar refractivity (Wildman–Crippen MR) is 71.5 cm³/mol. The van der Waals surface area contributed by atoms with Gasteiger partial charge in [0.15, 0.2) is 5.11 Å². The van der Waals surface area contributed by atoms with Crippen LogP contribution in [-0.4, -0.2) is 35.1 Å². The molecular weight excluding hydrogens is 218 g/mol. The maximum Gasteiger partial charge on any atom is 0.168 e. The fraction of sp³-hybridized carbons (Fsp3) is 0.500. The molecule has 0 aliphatic rings. The molecule has 1 aromatic rings. The maximum absolute atomic E-state index is 5.25. The Morgan fingerprint density at radius 1 is 1.50 bits per heavy atom. The van der Waals surface area contributed by atoms with E-state index in [0.29, 0.717) is 0 Å². The Balaban J connectivity index is 2.29. The van der Waals surface area contributed by atoms with Gasteiger partial charge in [0.05, 0.1) is 0 Å². The van der Waals surface area contributed by atoms with Crippen LogP contribution >= 0.6 is 12.2 Å². The first-order valence-corrected chi connectivity index (χ1v) is 6.03. The van der Waals surface area contributed by atoms with Gasteiger partial charge in [-0.1, -0.05) is 13.0 Å². The molecule has 0 saturated heterocycles. The van der Waals surface area contributed by atoms with Gasteiger partial charge in [0.1, 0.15) is 0 Å². The van der Waals surface area contributed by atoms with Crippen molar-refractivity contribution < 1.29 is 0 Å². The standard InChI is InChI=1S/C12H19N3S/c1-3-8-14-12(16)15(2)10-7-11-6-4-5-9-13-11/h4-6,9H,3,7-8,10H2,1-2H3,(H,14,16). The summed E-state index contributed by atoms with van der Waals surface area (Å²) >= 11 is 5.25. The number of hydrogen-bond donors (Lipinski definition) is 1. The molecule has 0 bridgehead atoms. The highest BCUT2D eigenvalue weighted by Gasteiger charge is 2.03. The van der Waals surface area contributed by atoms with E-state index in [2.05, 4.69) is 22.1 Å². The molecule has 1 rings (SSSR count). The van der Waals surface area contributed by atoms with E-state index in [-0.39, 0.29) is 0 Å². The summed E-state index contributed by atoms with van der Waals surface area (Å²) < 4.78 is 0. The van der Waals surface area contributed by atoms with Crippen LogP contribution in [0.4, 0.5) is 0 Å². The normalized spacial score (nSPS) is 9.88. The van der Waals surface area contributed by atoms with Crippen molar-refractivity contribution in [2.45, 2.75) is 19.8 Å². The second kappa shape index (κ2) is 7.17. The maximum atomic E-state index is 5.25. The monoisotopic (exact) mass is 237 g/mol. The lowest BCUT2D eigenvalue weighted by molar-refractivity contribution is 0.494. The molecule has 1 heterocycles. The lowest BCUT2D eigenvalue weighted by Crippen LogP contribution is -2.38. The molecule has 1 aromatic heterocycles. The summed E-state index contributed by atoms with van der Waals surface area (Å²) in [6.45, 7) is 3.96. The Morgan fingerprint density at radius 2 is 2.31 bits per heavy atom. The Kier molecular flexibility index (Phi) is 5.78. The summed E-state index contributed by atoms with van der Waals surface area (Å²) in [6, 6.07) is 5.98. The molecule has 0 radical (unpaired) electrons. The first-order chi connectivity index (χ1) is 7.74. The van der Waals surface area contributed by atoms with Crippen molar-refractivity contribution in [3.8, 4) is 0 Å². The van der Waals surface area contributed by atoms with Crippen LogP contribution in [-0.2, 0) is 6.42 Å². The number of pyridine rings is 1. The molecule has 0 amide bonds. The average molecular weight is 237 g/mol. The van der Waals surface area contributed by atoms with Gasteiger partial charge in [-0.15, -0.1) is 0 Å². The number of nitrogens with zero attached hydrogens (tertiary/aromatic N) is 2. The molecule has 0 aromatic carbocycles. The summed E-state index contributed by atoms with van der Waals surface area (Å²) in [7, 11) is 2.01. The molecule has 0 spiro atoms. The van der Waals surface area contributed by atoms with Gasteiger partial charge in [-0.05, 0) is 30.8 Å². The molecule has 0 aliphatic carbocycles. The van der Waals surface area contributed by atoms with Crippen LogP contribution in [0.5, 0.6) is 0 Å². The highest BCUT2D eigenvalue weighted by molar-refractivity contribution is 7.80. The molecule has 0 aliphatic heterocycles. The topological polar surface area (TPSA) is 28.2 Å². The zero-order valence-corrected chi connectivity index (χ0v) is 10.8. The van der Waals surface area contributed by atoms with Gasteiger partial charge in [-0.2, -0.15) is 0 Å². The van der Waals surface area contributed by atoms with Crippen LogP contribution in [0.1, 0.15) is 19.0 Å². The molecule has 4 heteroatoms. The van der Waals surface area contributed by atoms with Crippen molar-refractivity contribution >= 4 is 17.3 Å². The SMILES string of the molecule is CCCNC(=S)N(C)CCc1ccccn1. The minimum Gasteiger partial charge on any atom is -0.363 e. The van der Waals surface area contributed by atoms with E-state index in [0.717, 1.165) is 36.7 Å². The number of rotatable bonds is 5. The van der Waals surface area contributed by atoms with Crippen molar-refractivity contribution in [2.24, 2.45) is 0 Å². The van der Waals surface area contributed by atoms with Gasteiger partial charge in [-0.3, -0.25) is 4.98 Å². The number of nitrogens with one attached hydrogen (secondary N) is 1. The van der Waals surface area contributed by atoms with Crippen LogP contribution in [0.25, 0.3) is 0 Å². The number of aromatic nitrogens is 1. The second-order valence-corrected chi connectivity index (χ2v) is 4.11. The third kappa shape index (κ3) is 4.57. The average Bonchev–Trinajstić information content (AvgIpc) is 2.34. The second-order valence-electron chi connectivity index (χ2n) is 3.72. The van der Waals surface area contributed by atoms with E-state index in [1.807, 2.05) is 31.4 Å². The van der Waals surface area contributed by atoms with Crippen molar-refractivity contribution in [1.29, 1.82) is 0 Å². The van der Waals surface area contributed by atoms with E-state index in [1.165, 1.54) is 0 Å². The largest absolute Gasteiger partial charge is 0.363 e.